The van der Waals surface area contributed by atoms with Gasteiger partial charge in [0.15, 0.2) is 0 Å². The van der Waals surface area contributed by atoms with E-state index in [9.17, 15) is 0 Å². The van der Waals surface area contributed by atoms with Crippen LogP contribution in [0.5, 0.6) is 0 Å². The van der Waals surface area contributed by atoms with Crippen molar-refractivity contribution < 1.29 is 5.21 Å². The van der Waals surface area contributed by atoms with E-state index >= 15 is 0 Å². The average molecular weight is 191 g/mol. The monoisotopic (exact) mass is 191 g/mol. The Morgan fingerprint density at radius 3 is 2.36 bits per heavy atom. The molecule has 0 bridgehead atoms. The number of benzene rings is 1. The molecule has 0 aliphatic rings. The van der Waals surface area contributed by atoms with Crippen LogP contribution in [0.3, 0.4) is 0 Å². The van der Waals surface area contributed by atoms with Crippen molar-refractivity contribution >= 4 is 5.71 Å². The van der Waals surface area contributed by atoms with Gasteiger partial charge in [-0.15, -0.1) is 0 Å². The molecule has 0 aliphatic heterocycles. The van der Waals surface area contributed by atoms with Crippen molar-refractivity contribution in [3.05, 3.63) is 35.4 Å². The van der Waals surface area contributed by atoms with Crippen molar-refractivity contribution in [3.8, 4) is 0 Å². The second-order valence-electron chi connectivity index (χ2n) is 3.62. The highest BCUT2D eigenvalue weighted by Gasteiger charge is 2.03. The highest BCUT2D eigenvalue weighted by atomic mass is 16.4. The first-order valence-corrected chi connectivity index (χ1v) is 4.98. The van der Waals surface area contributed by atoms with E-state index in [0.29, 0.717) is 11.6 Å². The molecule has 1 aromatic carbocycles. The van der Waals surface area contributed by atoms with E-state index in [1.807, 2.05) is 12.1 Å². The lowest BCUT2D eigenvalue weighted by atomic mass is 9.97. The molecule has 1 atom stereocenters. The van der Waals surface area contributed by atoms with Crippen LogP contribution in [0.2, 0.25) is 0 Å². The summed E-state index contributed by atoms with van der Waals surface area (Å²) in [5.41, 5.74) is 2.96. The van der Waals surface area contributed by atoms with Crippen molar-refractivity contribution in [1.29, 1.82) is 0 Å². The van der Waals surface area contributed by atoms with Gasteiger partial charge in [-0.05, 0) is 30.4 Å². The summed E-state index contributed by atoms with van der Waals surface area (Å²) in [6.07, 6.45) is 1.15. The zero-order valence-corrected chi connectivity index (χ0v) is 8.99. The van der Waals surface area contributed by atoms with Gasteiger partial charge >= 0.3 is 0 Å². The minimum atomic E-state index is 0.593. The molecule has 14 heavy (non-hydrogen) atoms. The van der Waals surface area contributed by atoms with E-state index in [1.54, 1.807) is 6.92 Å². The number of hydrogen-bond acceptors (Lipinski definition) is 2. The predicted octanol–water partition coefficient (Wildman–Crippen LogP) is 3.40. The molecule has 0 saturated carbocycles. The molecule has 0 heterocycles. The number of hydrogen-bond donors (Lipinski definition) is 1. The molecular formula is C12H17NO. The lowest BCUT2D eigenvalue weighted by Crippen LogP contribution is -1.96. The van der Waals surface area contributed by atoms with Crippen LogP contribution >= 0.6 is 0 Å². The summed E-state index contributed by atoms with van der Waals surface area (Å²) < 4.78 is 0. The Kier molecular flexibility index (Phi) is 3.69. The second kappa shape index (κ2) is 4.80. The van der Waals surface area contributed by atoms with Gasteiger partial charge in [0.2, 0.25) is 0 Å². The molecule has 1 aromatic rings. The Balaban J connectivity index is 2.89. The van der Waals surface area contributed by atoms with Crippen molar-refractivity contribution in [1.82, 2.24) is 0 Å². The van der Waals surface area contributed by atoms with E-state index in [1.165, 1.54) is 5.56 Å². The Hall–Kier alpha value is -1.31. The van der Waals surface area contributed by atoms with E-state index < -0.39 is 0 Å². The SMILES string of the molecule is CCC(C)c1ccc(C(C)=NO)cc1. The fourth-order valence-electron chi connectivity index (χ4n) is 1.35. The quantitative estimate of drug-likeness (QED) is 0.443. The van der Waals surface area contributed by atoms with Gasteiger partial charge in [0.05, 0.1) is 5.71 Å². The fraction of sp³-hybridized carbons (Fsp3) is 0.417. The zero-order valence-electron chi connectivity index (χ0n) is 8.99. The van der Waals surface area contributed by atoms with E-state index in [4.69, 9.17) is 5.21 Å². The molecule has 1 rings (SSSR count). The normalized spacial score (nSPS) is 14.1. The molecule has 1 N–H and O–H groups in total. The molecule has 0 spiro atoms. The maximum Gasteiger partial charge on any atom is 0.0836 e. The zero-order chi connectivity index (χ0) is 10.6. The fourth-order valence-corrected chi connectivity index (χ4v) is 1.35. The van der Waals surface area contributed by atoms with Crippen LogP contribution in [0.25, 0.3) is 0 Å². The molecule has 0 radical (unpaired) electrons. The predicted molar refractivity (Wildman–Crippen MR) is 59.1 cm³/mol. The van der Waals surface area contributed by atoms with Gasteiger partial charge in [-0.3, -0.25) is 0 Å². The first-order valence-electron chi connectivity index (χ1n) is 4.98. The van der Waals surface area contributed by atoms with Crippen LogP contribution in [-0.2, 0) is 0 Å². The van der Waals surface area contributed by atoms with Crippen LogP contribution in [-0.4, -0.2) is 10.9 Å². The largest absolute Gasteiger partial charge is 0.411 e. The van der Waals surface area contributed by atoms with Crippen molar-refractivity contribution in [2.75, 3.05) is 0 Å². The smallest absolute Gasteiger partial charge is 0.0836 e. The summed E-state index contributed by atoms with van der Waals surface area (Å²) in [7, 11) is 0. The van der Waals surface area contributed by atoms with Gasteiger partial charge in [-0.25, -0.2) is 0 Å². The molecule has 0 aliphatic carbocycles. The first-order chi connectivity index (χ1) is 6.69. The average Bonchev–Trinajstić information content (AvgIpc) is 2.27. The van der Waals surface area contributed by atoms with Crippen LogP contribution in [0, 0.1) is 0 Å². The third kappa shape index (κ3) is 2.34. The van der Waals surface area contributed by atoms with Gasteiger partial charge < -0.3 is 5.21 Å². The van der Waals surface area contributed by atoms with E-state index in [-0.39, 0.29) is 0 Å². The Morgan fingerprint density at radius 2 is 1.93 bits per heavy atom. The second-order valence-corrected chi connectivity index (χ2v) is 3.62. The Morgan fingerprint density at radius 1 is 1.36 bits per heavy atom. The molecule has 0 fully saturated rings. The maximum absolute atomic E-state index is 8.60. The van der Waals surface area contributed by atoms with E-state index in [0.717, 1.165) is 12.0 Å². The number of rotatable bonds is 3. The summed E-state index contributed by atoms with van der Waals surface area (Å²) in [6.45, 7) is 6.18. The lowest BCUT2D eigenvalue weighted by Gasteiger charge is -2.09. The van der Waals surface area contributed by atoms with Gasteiger partial charge in [0, 0.05) is 0 Å². The molecule has 76 valence electrons. The topological polar surface area (TPSA) is 32.6 Å². The summed E-state index contributed by atoms with van der Waals surface area (Å²) in [5.74, 6) is 0.593. The van der Waals surface area contributed by atoms with Gasteiger partial charge in [-0.2, -0.15) is 0 Å². The van der Waals surface area contributed by atoms with Crippen LogP contribution in [0.1, 0.15) is 44.2 Å². The van der Waals surface area contributed by atoms with Gasteiger partial charge in [-0.1, -0.05) is 43.3 Å². The van der Waals surface area contributed by atoms with Crippen molar-refractivity contribution in [3.63, 3.8) is 0 Å². The summed E-state index contributed by atoms with van der Waals surface area (Å²) in [6, 6.07) is 8.18. The van der Waals surface area contributed by atoms with Crippen LogP contribution in [0.15, 0.2) is 29.4 Å². The molecule has 2 nitrogen and oxygen atoms in total. The molecular weight excluding hydrogens is 174 g/mol. The Bertz CT molecular complexity index is 314. The van der Waals surface area contributed by atoms with Crippen LogP contribution in [0.4, 0.5) is 0 Å². The highest BCUT2D eigenvalue weighted by molar-refractivity contribution is 5.98. The summed E-state index contributed by atoms with van der Waals surface area (Å²) in [5, 5.41) is 11.8. The molecule has 1 unspecified atom stereocenters. The first kappa shape index (κ1) is 10.8. The molecule has 2 heteroatoms. The standard InChI is InChI=1S/C12H17NO/c1-4-9(2)11-5-7-12(8-6-11)10(3)13-14/h5-9,14H,4H2,1-3H3. The third-order valence-electron chi connectivity index (χ3n) is 2.66. The molecule has 0 amide bonds. The highest BCUT2D eigenvalue weighted by Crippen LogP contribution is 2.18. The summed E-state index contributed by atoms with van der Waals surface area (Å²) in [4.78, 5) is 0. The molecule has 0 aromatic heterocycles. The minimum absolute atomic E-state index is 0.593. The van der Waals surface area contributed by atoms with E-state index in [2.05, 4.69) is 31.1 Å². The van der Waals surface area contributed by atoms with Gasteiger partial charge in [0.1, 0.15) is 0 Å². The Labute approximate surface area is 85.3 Å². The summed E-state index contributed by atoms with van der Waals surface area (Å²) >= 11 is 0. The van der Waals surface area contributed by atoms with Crippen molar-refractivity contribution in [2.24, 2.45) is 5.16 Å². The van der Waals surface area contributed by atoms with Gasteiger partial charge in [0.25, 0.3) is 0 Å². The molecule has 0 saturated heterocycles. The minimum Gasteiger partial charge on any atom is -0.411 e. The third-order valence-corrected chi connectivity index (χ3v) is 2.66. The maximum atomic E-state index is 8.60. The lowest BCUT2D eigenvalue weighted by molar-refractivity contribution is 0.319. The number of nitrogens with zero attached hydrogens (tertiary/aromatic N) is 1. The van der Waals surface area contributed by atoms with Crippen LogP contribution < -0.4 is 0 Å². The number of oxime groups is 1. The van der Waals surface area contributed by atoms with Crippen molar-refractivity contribution in [2.45, 2.75) is 33.1 Å².